The van der Waals surface area contributed by atoms with Gasteiger partial charge in [0.15, 0.2) is 0 Å². The second kappa shape index (κ2) is 11.4. The van der Waals surface area contributed by atoms with Gasteiger partial charge in [0.05, 0.1) is 18.4 Å². The average molecular weight is 357 g/mol. The van der Waals surface area contributed by atoms with E-state index in [1.54, 1.807) is 6.20 Å². The molecule has 3 rings (SSSR count). The number of carbonyl (C=O) groups is 1. The third-order valence-electron chi connectivity index (χ3n) is 4.27. The maximum atomic E-state index is 12.2. The summed E-state index contributed by atoms with van der Waals surface area (Å²) in [6, 6.07) is 3.93. The standard InChI is InChI=1S/C18H20N2O2.2C2H6/c1-12-7-14(10-19-9-12)15-8-16(18(21)22-2)17(20-11-15)13-5-3-4-6-13;2*1-2/h7-11,13H,3-6H2,1-2H3;2*1-2H3. The molecular formula is C22H32N2O2. The third kappa shape index (κ3) is 5.38. The second-order valence-electron chi connectivity index (χ2n) is 5.88. The summed E-state index contributed by atoms with van der Waals surface area (Å²) in [6.07, 6.45) is 10.1. The number of aryl methyl sites for hydroxylation is 1. The van der Waals surface area contributed by atoms with Crippen molar-refractivity contribution >= 4 is 5.97 Å². The van der Waals surface area contributed by atoms with Gasteiger partial charge in [-0.15, -0.1) is 0 Å². The molecule has 0 amide bonds. The van der Waals surface area contributed by atoms with E-state index in [0.29, 0.717) is 11.5 Å². The molecule has 0 radical (unpaired) electrons. The second-order valence-corrected chi connectivity index (χ2v) is 5.88. The lowest BCUT2D eigenvalue weighted by Gasteiger charge is -2.14. The number of carbonyl (C=O) groups excluding carboxylic acids is 1. The monoisotopic (exact) mass is 356 g/mol. The maximum absolute atomic E-state index is 12.2. The largest absolute Gasteiger partial charge is 0.465 e. The minimum atomic E-state index is -0.308. The van der Waals surface area contributed by atoms with Crippen molar-refractivity contribution in [1.82, 2.24) is 9.97 Å². The van der Waals surface area contributed by atoms with Crippen LogP contribution in [0.3, 0.4) is 0 Å². The first-order chi connectivity index (χ1) is 12.7. The number of esters is 1. The van der Waals surface area contributed by atoms with Gasteiger partial charge >= 0.3 is 5.97 Å². The van der Waals surface area contributed by atoms with Gasteiger partial charge in [-0.05, 0) is 37.5 Å². The van der Waals surface area contributed by atoms with Crippen LogP contribution >= 0.6 is 0 Å². The first-order valence-corrected chi connectivity index (χ1v) is 9.69. The molecule has 26 heavy (non-hydrogen) atoms. The lowest BCUT2D eigenvalue weighted by atomic mass is 9.96. The lowest BCUT2D eigenvalue weighted by Crippen LogP contribution is -2.10. The van der Waals surface area contributed by atoms with Crippen LogP contribution in [0.5, 0.6) is 0 Å². The SMILES string of the molecule is CC.CC.COC(=O)c1cc(-c2cncc(C)c2)cnc1C1CCCC1. The van der Waals surface area contributed by atoms with Gasteiger partial charge in [-0.3, -0.25) is 9.97 Å². The number of nitrogens with zero attached hydrogens (tertiary/aromatic N) is 2. The minimum absolute atomic E-state index is 0.308. The molecule has 1 aliphatic carbocycles. The molecule has 1 fully saturated rings. The van der Waals surface area contributed by atoms with Crippen LogP contribution in [0.25, 0.3) is 11.1 Å². The summed E-state index contributed by atoms with van der Waals surface area (Å²) in [5.74, 6) is 0.0654. The molecule has 4 nitrogen and oxygen atoms in total. The predicted octanol–water partition coefficient (Wildman–Crippen LogP) is 5.95. The van der Waals surface area contributed by atoms with Crippen LogP contribution in [-0.2, 0) is 4.74 Å². The normalized spacial score (nSPS) is 13.2. The highest BCUT2D eigenvalue weighted by Crippen LogP contribution is 2.36. The van der Waals surface area contributed by atoms with Crippen molar-refractivity contribution in [3.05, 3.63) is 47.5 Å². The van der Waals surface area contributed by atoms with Crippen LogP contribution in [0, 0.1) is 6.92 Å². The van der Waals surface area contributed by atoms with Crippen molar-refractivity contribution in [2.75, 3.05) is 7.11 Å². The summed E-state index contributed by atoms with van der Waals surface area (Å²) in [6.45, 7) is 10.00. The first kappa shape index (κ1) is 21.8. The zero-order valence-electron chi connectivity index (χ0n) is 17.0. The number of hydrogen-bond acceptors (Lipinski definition) is 4. The number of pyridine rings is 2. The Morgan fingerprint density at radius 2 is 1.62 bits per heavy atom. The van der Waals surface area contributed by atoms with Crippen molar-refractivity contribution in [3.63, 3.8) is 0 Å². The van der Waals surface area contributed by atoms with E-state index < -0.39 is 0 Å². The van der Waals surface area contributed by atoms with E-state index in [0.717, 1.165) is 35.2 Å². The van der Waals surface area contributed by atoms with E-state index in [1.807, 2.05) is 59.1 Å². The predicted molar refractivity (Wildman–Crippen MR) is 107 cm³/mol. The number of rotatable bonds is 3. The molecule has 0 atom stereocenters. The molecule has 1 aliphatic rings. The maximum Gasteiger partial charge on any atom is 0.339 e. The Morgan fingerprint density at radius 3 is 2.19 bits per heavy atom. The topological polar surface area (TPSA) is 52.1 Å². The van der Waals surface area contributed by atoms with Gasteiger partial charge in [-0.1, -0.05) is 40.5 Å². The van der Waals surface area contributed by atoms with Crippen LogP contribution in [0.15, 0.2) is 30.7 Å². The Balaban J connectivity index is 0.000000791. The first-order valence-electron chi connectivity index (χ1n) is 9.69. The molecule has 0 N–H and O–H groups in total. The molecule has 0 aliphatic heterocycles. The zero-order valence-corrected chi connectivity index (χ0v) is 17.0. The van der Waals surface area contributed by atoms with E-state index >= 15 is 0 Å². The Bertz CT molecular complexity index is 692. The van der Waals surface area contributed by atoms with E-state index in [1.165, 1.54) is 20.0 Å². The fourth-order valence-electron chi connectivity index (χ4n) is 3.14. The Kier molecular flexibility index (Phi) is 9.56. The van der Waals surface area contributed by atoms with Gasteiger partial charge in [0.25, 0.3) is 0 Å². The van der Waals surface area contributed by atoms with Gasteiger partial charge in [0, 0.05) is 35.6 Å². The smallest absolute Gasteiger partial charge is 0.339 e. The van der Waals surface area contributed by atoms with E-state index in [-0.39, 0.29) is 5.97 Å². The molecule has 142 valence electrons. The highest BCUT2D eigenvalue weighted by molar-refractivity contribution is 5.92. The molecular weight excluding hydrogens is 324 g/mol. The summed E-state index contributed by atoms with van der Waals surface area (Å²) in [7, 11) is 1.42. The fourth-order valence-corrected chi connectivity index (χ4v) is 3.14. The number of hydrogen-bond donors (Lipinski definition) is 0. The molecule has 1 saturated carbocycles. The van der Waals surface area contributed by atoms with Crippen molar-refractivity contribution < 1.29 is 9.53 Å². The highest BCUT2D eigenvalue weighted by atomic mass is 16.5. The van der Waals surface area contributed by atoms with E-state index in [2.05, 4.69) is 9.97 Å². The molecule has 0 bridgehead atoms. The number of aromatic nitrogens is 2. The van der Waals surface area contributed by atoms with Crippen LogP contribution < -0.4 is 0 Å². The Morgan fingerprint density at radius 1 is 1.00 bits per heavy atom. The van der Waals surface area contributed by atoms with E-state index in [4.69, 9.17) is 4.74 Å². The quantitative estimate of drug-likeness (QED) is 0.638. The van der Waals surface area contributed by atoms with Gasteiger partial charge in [0.2, 0.25) is 0 Å². The molecule has 2 aromatic heterocycles. The summed E-state index contributed by atoms with van der Waals surface area (Å²) in [5.41, 5.74) is 4.42. The molecule has 0 saturated heterocycles. The molecule has 2 heterocycles. The lowest BCUT2D eigenvalue weighted by molar-refractivity contribution is 0.0598. The summed E-state index contributed by atoms with van der Waals surface area (Å²) >= 11 is 0. The fraction of sp³-hybridized carbons (Fsp3) is 0.500. The van der Waals surface area contributed by atoms with Gasteiger partial charge < -0.3 is 4.74 Å². The van der Waals surface area contributed by atoms with Crippen molar-refractivity contribution in [3.8, 4) is 11.1 Å². The third-order valence-corrected chi connectivity index (χ3v) is 4.27. The summed E-state index contributed by atoms with van der Waals surface area (Å²) in [5, 5.41) is 0. The molecule has 0 unspecified atom stereocenters. The number of methoxy groups -OCH3 is 1. The van der Waals surface area contributed by atoms with Crippen LogP contribution in [0.4, 0.5) is 0 Å². The molecule has 2 aromatic rings. The Hall–Kier alpha value is -2.23. The van der Waals surface area contributed by atoms with Crippen LogP contribution in [0.2, 0.25) is 0 Å². The van der Waals surface area contributed by atoms with E-state index in [9.17, 15) is 4.79 Å². The van der Waals surface area contributed by atoms with Crippen LogP contribution in [-0.4, -0.2) is 23.0 Å². The van der Waals surface area contributed by atoms with Crippen LogP contribution in [0.1, 0.15) is 80.9 Å². The molecule has 0 aromatic carbocycles. The van der Waals surface area contributed by atoms with Crippen molar-refractivity contribution in [2.45, 2.75) is 66.2 Å². The van der Waals surface area contributed by atoms with Gasteiger partial charge in [0.1, 0.15) is 0 Å². The van der Waals surface area contributed by atoms with Gasteiger partial charge in [-0.25, -0.2) is 4.79 Å². The van der Waals surface area contributed by atoms with Gasteiger partial charge in [-0.2, -0.15) is 0 Å². The molecule has 0 spiro atoms. The number of ether oxygens (including phenoxy) is 1. The van der Waals surface area contributed by atoms with Crippen molar-refractivity contribution in [1.29, 1.82) is 0 Å². The summed E-state index contributed by atoms with van der Waals surface area (Å²) < 4.78 is 4.96. The highest BCUT2D eigenvalue weighted by Gasteiger charge is 2.25. The summed E-state index contributed by atoms with van der Waals surface area (Å²) in [4.78, 5) is 21.0. The Labute approximate surface area is 158 Å². The minimum Gasteiger partial charge on any atom is -0.465 e. The zero-order chi connectivity index (χ0) is 19.5. The molecule has 4 heteroatoms. The van der Waals surface area contributed by atoms with Crippen molar-refractivity contribution in [2.24, 2.45) is 0 Å². The average Bonchev–Trinajstić information content (AvgIpc) is 3.24.